The molecule has 146 valence electrons. The average Bonchev–Trinajstić information content (AvgIpc) is 2.77. The summed E-state index contributed by atoms with van der Waals surface area (Å²) in [5, 5.41) is 11.6. The highest BCUT2D eigenvalue weighted by Crippen LogP contribution is 2.37. The maximum Gasteiger partial charge on any atom is 0.235 e. The van der Waals surface area contributed by atoms with Crippen LogP contribution < -0.4 is 5.32 Å². The first kappa shape index (κ1) is 18.9. The van der Waals surface area contributed by atoms with Crippen LogP contribution in [0.5, 0.6) is 0 Å². The Labute approximate surface area is 170 Å². The third-order valence-corrected chi connectivity index (χ3v) is 5.78. The topological polar surface area (TPSA) is 69.1 Å². The summed E-state index contributed by atoms with van der Waals surface area (Å²) in [5.41, 5.74) is 3.44. The molecule has 0 spiro atoms. The molecule has 0 saturated carbocycles. The lowest BCUT2D eigenvalue weighted by molar-refractivity contribution is -0.135. The molecule has 2 atom stereocenters. The van der Waals surface area contributed by atoms with Crippen molar-refractivity contribution in [2.75, 3.05) is 7.05 Å². The van der Waals surface area contributed by atoms with Crippen molar-refractivity contribution in [3.8, 4) is 11.1 Å². The molecule has 1 saturated heterocycles. The summed E-state index contributed by atoms with van der Waals surface area (Å²) in [6, 6.07) is 22.1. The van der Waals surface area contributed by atoms with Gasteiger partial charge < -0.3 is 5.32 Å². The van der Waals surface area contributed by atoms with Gasteiger partial charge in [0.15, 0.2) is 5.96 Å². The Kier molecular flexibility index (Phi) is 4.89. The summed E-state index contributed by atoms with van der Waals surface area (Å²) in [4.78, 5) is 18.8. The Morgan fingerprint density at radius 3 is 2.55 bits per heavy atom. The van der Waals surface area contributed by atoms with E-state index in [0.29, 0.717) is 6.42 Å². The Balaban J connectivity index is 1.78. The molecule has 0 aliphatic carbocycles. The van der Waals surface area contributed by atoms with E-state index in [1.165, 1.54) is 4.90 Å². The van der Waals surface area contributed by atoms with E-state index in [4.69, 9.17) is 5.41 Å². The average molecular weight is 384 g/mol. The summed E-state index contributed by atoms with van der Waals surface area (Å²) >= 11 is 0. The summed E-state index contributed by atoms with van der Waals surface area (Å²) < 4.78 is 0. The van der Waals surface area contributed by atoms with Crippen LogP contribution in [0, 0.1) is 11.3 Å². The summed E-state index contributed by atoms with van der Waals surface area (Å²) in [5.74, 6) is -0.270. The highest BCUT2D eigenvalue weighted by Gasteiger charge is 2.47. The molecule has 2 heterocycles. The second kappa shape index (κ2) is 7.51. The van der Waals surface area contributed by atoms with Crippen molar-refractivity contribution < 1.29 is 4.79 Å². The molecule has 5 nitrogen and oxygen atoms in total. The van der Waals surface area contributed by atoms with Gasteiger partial charge in [0.1, 0.15) is 0 Å². The first-order chi connectivity index (χ1) is 14.0. The van der Waals surface area contributed by atoms with Crippen LogP contribution in [-0.4, -0.2) is 28.8 Å². The molecule has 1 fully saturated rings. The van der Waals surface area contributed by atoms with E-state index in [2.05, 4.69) is 16.4 Å². The maximum atomic E-state index is 13.2. The first-order valence-electron chi connectivity index (χ1n) is 9.68. The molecule has 5 heteroatoms. The Morgan fingerprint density at radius 1 is 1.07 bits per heavy atom. The number of hydrogen-bond donors (Lipinski definition) is 2. The van der Waals surface area contributed by atoms with Crippen molar-refractivity contribution in [1.82, 2.24) is 15.2 Å². The van der Waals surface area contributed by atoms with Gasteiger partial charge in [-0.3, -0.25) is 20.1 Å². The molecule has 1 amide bonds. The van der Waals surface area contributed by atoms with Gasteiger partial charge in [0.2, 0.25) is 5.91 Å². The van der Waals surface area contributed by atoms with E-state index >= 15 is 0 Å². The number of benzene rings is 2. The second-order valence-corrected chi connectivity index (χ2v) is 7.64. The van der Waals surface area contributed by atoms with Gasteiger partial charge in [-0.1, -0.05) is 54.6 Å². The minimum absolute atomic E-state index is 0.0492. The summed E-state index contributed by atoms with van der Waals surface area (Å²) in [6.45, 7) is 2.02. The van der Waals surface area contributed by atoms with Gasteiger partial charge in [0.25, 0.3) is 0 Å². The Morgan fingerprint density at radius 2 is 1.83 bits per heavy atom. The largest absolute Gasteiger partial charge is 0.346 e. The van der Waals surface area contributed by atoms with Crippen molar-refractivity contribution >= 4 is 11.9 Å². The molecule has 4 rings (SSSR count). The molecular formula is C24H24N4O. The maximum absolute atomic E-state index is 13.2. The molecule has 0 unspecified atom stereocenters. The van der Waals surface area contributed by atoms with E-state index in [1.807, 2.05) is 73.8 Å². The number of aromatic nitrogens is 1. The number of guanidine groups is 1. The van der Waals surface area contributed by atoms with Crippen LogP contribution in [0.25, 0.3) is 11.1 Å². The number of hydrogen-bond acceptors (Lipinski definition) is 3. The van der Waals surface area contributed by atoms with E-state index in [-0.39, 0.29) is 17.8 Å². The molecular weight excluding hydrogens is 360 g/mol. The number of nitrogens with one attached hydrogen (secondary N) is 2. The van der Waals surface area contributed by atoms with Gasteiger partial charge >= 0.3 is 0 Å². The smallest absolute Gasteiger partial charge is 0.235 e. The lowest BCUT2D eigenvalue weighted by Crippen LogP contribution is -2.64. The lowest BCUT2D eigenvalue weighted by atomic mass is 9.74. The predicted molar refractivity (Wildman–Crippen MR) is 114 cm³/mol. The van der Waals surface area contributed by atoms with Crippen LogP contribution >= 0.6 is 0 Å². The van der Waals surface area contributed by atoms with E-state index in [9.17, 15) is 4.79 Å². The number of nitrogens with zero attached hydrogens (tertiary/aromatic N) is 2. The molecule has 3 aromatic rings. The van der Waals surface area contributed by atoms with Crippen LogP contribution in [0.2, 0.25) is 0 Å². The minimum atomic E-state index is -0.700. The molecule has 0 bridgehead atoms. The number of pyridine rings is 1. The van der Waals surface area contributed by atoms with E-state index < -0.39 is 5.54 Å². The molecule has 2 aromatic carbocycles. The Hall–Kier alpha value is -3.47. The van der Waals surface area contributed by atoms with Gasteiger partial charge in [-0.05, 0) is 47.7 Å². The van der Waals surface area contributed by atoms with Crippen molar-refractivity contribution in [2.45, 2.75) is 18.9 Å². The highest BCUT2D eigenvalue weighted by molar-refractivity contribution is 6.00. The number of carbonyl (C=O) groups excluding carboxylic acids is 1. The zero-order valence-corrected chi connectivity index (χ0v) is 16.6. The fourth-order valence-electron chi connectivity index (χ4n) is 3.98. The monoisotopic (exact) mass is 384 g/mol. The molecule has 1 aliphatic rings. The number of rotatable bonds is 4. The number of carbonyl (C=O) groups is 1. The fourth-order valence-corrected chi connectivity index (χ4v) is 3.98. The van der Waals surface area contributed by atoms with Crippen LogP contribution in [0.4, 0.5) is 0 Å². The van der Waals surface area contributed by atoms with Gasteiger partial charge in [-0.2, -0.15) is 0 Å². The zero-order valence-electron chi connectivity index (χ0n) is 16.6. The van der Waals surface area contributed by atoms with Crippen LogP contribution in [0.1, 0.15) is 18.1 Å². The quantitative estimate of drug-likeness (QED) is 0.718. The lowest BCUT2D eigenvalue weighted by Gasteiger charge is -2.46. The molecule has 29 heavy (non-hydrogen) atoms. The molecule has 0 radical (unpaired) electrons. The minimum Gasteiger partial charge on any atom is -0.346 e. The Bertz CT molecular complexity index is 1040. The third-order valence-electron chi connectivity index (χ3n) is 5.78. The summed E-state index contributed by atoms with van der Waals surface area (Å²) in [6.07, 6.45) is 4.18. The first-order valence-corrected chi connectivity index (χ1v) is 9.68. The molecule has 1 aromatic heterocycles. The van der Waals surface area contributed by atoms with Crippen molar-refractivity contribution in [1.29, 1.82) is 5.41 Å². The van der Waals surface area contributed by atoms with Gasteiger partial charge in [0.05, 0.1) is 11.5 Å². The van der Waals surface area contributed by atoms with Crippen LogP contribution in [0.15, 0.2) is 79.1 Å². The van der Waals surface area contributed by atoms with E-state index in [1.54, 1.807) is 13.2 Å². The van der Waals surface area contributed by atoms with Gasteiger partial charge in [-0.25, -0.2) is 0 Å². The predicted octanol–water partition coefficient (Wildman–Crippen LogP) is 3.82. The van der Waals surface area contributed by atoms with Gasteiger partial charge in [0, 0.05) is 19.4 Å². The molecule has 2 N–H and O–H groups in total. The number of amides is 1. The van der Waals surface area contributed by atoms with Gasteiger partial charge in [-0.15, -0.1) is 0 Å². The summed E-state index contributed by atoms with van der Waals surface area (Å²) in [7, 11) is 1.65. The van der Waals surface area contributed by atoms with Crippen LogP contribution in [-0.2, 0) is 16.8 Å². The normalized spacial score (nSPS) is 21.7. The van der Waals surface area contributed by atoms with Crippen molar-refractivity contribution in [3.63, 3.8) is 0 Å². The van der Waals surface area contributed by atoms with Crippen molar-refractivity contribution in [3.05, 3.63) is 90.3 Å². The highest BCUT2D eigenvalue weighted by atomic mass is 16.2. The standard InChI is InChI=1S/C24H24N4O/c1-24(20-12-6-10-18(15-20)19-11-7-13-26-16-19)21(14-17-8-4-3-5-9-17)22(29)28(2)23(25)27-24/h3-13,15-16,21H,14H2,1-2H3,(H2,25,27)/t21-,24+/m0/s1. The molecule has 1 aliphatic heterocycles. The zero-order chi connectivity index (χ0) is 20.4. The third kappa shape index (κ3) is 3.51. The van der Waals surface area contributed by atoms with Crippen molar-refractivity contribution in [2.24, 2.45) is 5.92 Å². The SMILES string of the molecule is CN1C(=N)N[C@](C)(c2cccc(-c3cccnc3)c2)[C@@H](Cc2ccccc2)C1=O. The second-order valence-electron chi connectivity index (χ2n) is 7.64. The fraction of sp³-hybridized carbons (Fsp3) is 0.208. The van der Waals surface area contributed by atoms with Crippen LogP contribution in [0.3, 0.4) is 0 Å². The van der Waals surface area contributed by atoms with E-state index in [0.717, 1.165) is 22.3 Å².